The molecule has 0 radical (unpaired) electrons. The summed E-state index contributed by atoms with van der Waals surface area (Å²) in [5.41, 5.74) is 0.393. The first-order valence-corrected chi connectivity index (χ1v) is 8.83. The van der Waals surface area contributed by atoms with Gasteiger partial charge in [-0.2, -0.15) is 0 Å². The highest BCUT2D eigenvalue weighted by atomic mass is 127. The van der Waals surface area contributed by atoms with Crippen molar-refractivity contribution in [2.75, 3.05) is 39.4 Å². The standard InChI is InChI=1S/C16H25N3OS.HI/c1-2-17-15(18-8-5-14-4-3-11-21-14)19-9-6-16(12-19)7-10-20-13-16;/h3-4,11H,2,5-10,12-13H2,1H3,(H,17,18);1H. The fourth-order valence-electron chi connectivity index (χ4n) is 3.24. The Morgan fingerprint density at radius 1 is 1.50 bits per heavy atom. The van der Waals surface area contributed by atoms with Crippen LogP contribution in [0.2, 0.25) is 0 Å². The molecular formula is C16H26IN3OS. The lowest BCUT2D eigenvalue weighted by molar-refractivity contribution is 0.156. The van der Waals surface area contributed by atoms with Crippen molar-refractivity contribution in [2.24, 2.45) is 10.4 Å². The average Bonchev–Trinajstić information content (AvgIpc) is 3.22. The summed E-state index contributed by atoms with van der Waals surface area (Å²) in [6.07, 6.45) is 3.48. The van der Waals surface area contributed by atoms with Gasteiger partial charge in [-0.25, -0.2) is 0 Å². The number of rotatable bonds is 4. The van der Waals surface area contributed by atoms with Crippen molar-refractivity contribution < 1.29 is 4.74 Å². The van der Waals surface area contributed by atoms with E-state index in [9.17, 15) is 0 Å². The van der Waals surface area contributed by atoms with E-state index < -0.39 is 0 Å². The number of nitrogens with zero attached hydrogens (tertiary/aromatic N) is 2. The molecule has 0 amide bonds. The van der Waals surface area contributed by atoms with Gasteiger partial charge in [-0.1, -0.05) is 6.07 Å². The fraction of sp³-hybridized carbons (Fsp3) is 0.688. The van der Waals surface area contributed by atoms with Gasteiger partial charge in [-0.15, -0.1) is 35.3 Å². The second-order valence-corrected chi connectivity index (χ2v) is 7.07. The molecule has 1 atom stereocenters. The zero-order valence-electron chi connectivity index (χ0n) is 13.2. The summed E-state index contributed by atoms with van der Waals surface area (Å²) in [6.45, 7) is 7.99. The van der Waals surface area contributed by atoms with E-state index in [1.165, 1.54) is 17.7 Å². The molecule has 0 aliphatic carbocycles. The van der Waals surface area contributed by atoms with E-state index in [1.807, 2.05) is 11.3 Å². The van der Waals surface area contributed by atoms with Crippen LogP contribution in [0.25, 0.3) is 0 Å². The van der Waals surface area contributed by atoms with Gasteiger partial charge in [0.2, 0.25) is 0 Å². The Morgan fingerprint density at radius 2 is 2.41 bits per heavy atom. The second kappa shape index (κ2) is 8.49. The maximum Gasteiger partial charge on any atom is 0.193 e. The largest absolute Gasteiger partial charge is 0.381 e. The first-order valence-electron chi connectivity index (χ1n) is 7.95. The molecule has 1 N–H and O–H groups in total. The van der Waals surface area contributed by atoms with Gasteiger partial charge in [0.1, 0.15) is 0 Å². The van der Waals surface area contributed by atoms with Crippen LogP contribution in [-0.2, 0) is 11.2 Å². The molecule has 2 aliphatic rings. The molecule has 4 nitrogen and oxygen atoms in total. The van der Waals surface area contributed by atoms with E-state index in [2.05, 4.69) is 34.7 Å². The van der Waals surface area contributed by atoms with Crippen molar-refractivity contribution in [3.8, 4) is 0 Å². The highest BCUT2D eigenvalue weighted by Crippen LogP contribution is 2.38. The Balaban J connectivity index is 0.00000176. The average molecular weight is 435 g/mol. The second-order valence-electron chi connectivity index (χ2n) is 6.04. The van der Waals surface area contributed by atoms with E-state index in [0.29, 0.717) is 5.41 Å². The third kappa shape index (κ3) is 4.35. The molecule has 0 saturated carbocycles. The van der Waals surface area contributed by atoms with Crippen molar-refractivity contribution in [1.29, 1.82) is 0 Å². The summed E-state index contributed by atoms with van der Waals surface area (Å²) >= 11 is 1.82. The molecule has 1 unspecified atom stereocenters. The lowest BCUT2D eigenvalue weighted by Gasteiger charge is -2.24. The normalized spacial score (nSPS) is 24.8. The van der Waals surface area contributed by atoms with Crippen molar-refractivity contribution in [3.63, 3.8) is 0 Å². The summed E-state index contributed by atoms with van der Waals surface area (Å²) in [7, 11) is 0. The van der Waals surface area contributed by atoms with E-state index >= 15 is 0 Å². The van der Waals surface area contributed by atoms with Crippen molar-refractivity contribution >= 4 is 41.3 Å². The predicted octanol–water partition coefficient (Wildman–Crippen LogP) is 2.99. The Labute approximate surface area is 154 Å². The Bertz CT molecular complexity index is 472. The Hall–Kier alpha value is -0.340. The summed E-state index contributed by atoms with van der Waals surface area (Å²) in [5, 5.41) is 5.58. The number of halogens is 1. The molecule has 2 aliphatic heterocycles. The lowest BCUT2D eigenvalue weighted by Crippen LogP contribution is -2.41. The molecular weight excluding hydrogens is 409 g/mol. The zero-order valence-corrected chi connectivity index (χ0v) is 16.4. The van der Waals surface area contributed by atoms with Crippen molar-refractivity contribution in [1.82, 2.24) is 10.2 Å². The summed E-state index contributed by atoms with van der Waals surface area (Å²) in [5.74, 6) is 1.08. The molecule has 3 heterocycles. The van der Waals surface area contributed by atoms with Gasteiger partial charge in [0.15, 0.2) is 5.96 Å². The van der Waals surface area contributed by atoms with Crippen LogP contribution in [0.3, 0.4) is 0 Å². The van der Waals surface area contributed by atoms with Gasteiger partial charge in [0.05, 0.1) is 6.61 Å². The first-order chi connectivity index (χ1) is 10.3. The third-order valence-corrected chi connectivity index (χ3v) is 5.39. The van der Waals surface area contributed by atoms with Gasteiger partial charge >= 0.3 is 0 Å². The van der Waals surface area contributed by atoms with Crippen LogP contribution in [0.4, 0.5) is 0 Å². The highest BCUT2D eigenvalue weighted by Gasteiger charge is 2.42. The Morgan fingerprint density at radius 3 is 3.09 bits per heavy atom. The monoisotopic (exact) mass is 435 g/mol. The summed E-state index contributed by atoms with van der Waals surface area (Å²) in [4.78, 5) is 8.66. The van der Waals surface area contributed by atoms with Gasteiger partial charge in [-0.3, -0.25) is 4.99 Å². The van der Waals surface area contributed by atoms with Gasteiger partial charge in [0.25, 0.3) is 0 Å². The van der Waals surface area contributed by atoms with Crippen molar-refractivity contribution in [3.05, 3.63) is 22.4 Å². The summed E-state index contributed by atoms with van der Waals surface area (Å²) < 4.78 is 5.61. The van der Waals surface area contributed by atoms with Crippen LogP contribution in [0.1, 0.15) is 24.6 Å². The fourth-order valence-corrected chi connectivity index (χ4v) is 3.94. The molecule has 2 fully saturated rings. The Kier molecular flexibility index (Phi) is 6.95. The van der Waals surface area contributed by atoms with Crippen LogP contribution in [0, 0.1) is 5.41 Å². The number of hydrogen-bond acceptors (Lipinski definition) is 3. The zero-order chi connectivity index (χ0) is 14.5. The molecule has 3 rings (SSSR count). The predicted molar refractivity (Wildman–Crippen MR) is 103 cm³/mol. The third-order valence-electron chi connectivity index (χ3n) is 4.46. The van der Waals surface area contributed by atoms with Crippen LogP contribution in [0.5, 0.6) is 0 Å². The molecule has 6 heteroatoms. The number of ether oxygens (including phenoxy) is 1. The highest BCUT2D eigenvalue weighted by molar-refractivity contribution is 14.0. The van der Waals surface area contributed by atoms with Gasteiger partial charge < -0.3 is 15.0 Å². The minimum atomic E-state index is 0. The molecule has 1 aromatic rings. The molecule has 124 valence electrons. The van der Waals surface area contributed by atoms with E-state index in [1.54, 1.807) is 0 Å². The maximum atomic E-state index is 5.61. The number of thiophene rings is 1. The molecule has 0 bridgehead atoms. The van der Waals surface area contributed by atoms with E-state index in [0.717, 1.165) is 51.8 Å². The molecule has 1 aromatic heterocycles. The number of hydrogen-bond donors (Lipinski definition) is 1. The minimum absolute atomic E-state index is 0. The van der Waals surface area contributed by atoms with Gasteiger partial charge in [-0.05, 0) is 31.2 Å². The molecule has 2 saturated heterocycles. The smallest absolute Gasteiger partial charge is 0.193 e. The van der Waals surface area contributed by atoms with Crippen LogP contribution < -0.4 is 5.32 Å². The van der Waals surface area contributed by atoms with E-state index in [-0.39, 0.29) is 24.0 Å². The van der Waals surface area contributed by atoms with E-state index in [4.69, 9.17) is 9.73 Å². The van der Waals surface area contributed by atoms with Crippen LogP contribution in [-0.4, -0.2) is 50.3 Å². The van der Waals surface area contributed by atoms with Crippen LogP contribution in [0.15, 0.2) is 22.5 Å². The summed E-state index contributed by atoms with van der Waals surface area (Å²) in [6, 6.07) is 4.30. The lowest BCUT2D eigenvalue weighted by atomic mass is 9.87. The van der Waals surface area contributed by atoms with Crippen LogP contribution >= 0.6 is 35.3 Å². The molecule has 1 spiro atoms. The number of nitrogens with one attached hydrogen (secondary N) is 1. The topological polar surface area (TPSA) is 36.9 Å². The van der Waals surface area contributed by atoms with Crippen molar-refractivity contribution in [2.45, 2.75) is 26.2 Å². The van der Waals surface area contributed by atoms with Gasteiger partial charge in [0, 0.05) is 49.5 Å². The number of likely N-dealkylation sites (tertiary alicyclic amines) is 1. The molecule has 22 heavy (non-hydrogen) atoms. The molecule has 0 aromatic carbocycles. The first kappa shape index (κ1) is 18.0. The number of guanidine groups is 1. The SMILES string of the molecule is CCNC(=NCCc1cccs1)N1CCC2(CCOC2)C1.I. The number of aliphatic imine (C=N–C) groups is 1. The maximum absolute atomic E-state index is 5.61. The quantitative estimate of drug-likeness (QED) is 0.449. The minimum Gasteiger partial charge on any atom is -0.381 e.